The zero-order valence-electron chi connectivity index (χ0n) is 9.32. The van der Waals surface area contributed by atoms with Crippen LogP contribution in [0.15, 0.2) is 24.8 Å². The van der Waals surface area contributed by atoms with Gasteiger partial charge in [0, 0.05) is 6.54 Å². The van der Waals surface area contributed by atoms with Gasteiger partial charge in [0.15, 0.2) is 0 Å². The predicted octanol–water partition coefficient (Wildman–Crippen LogP) is 1.76. The SMILES string of the molecule is C=C/C=C\CN1CCCC1C(=O)OCC. The molecule has 1 aliphatic rings. The lowest BCUT2D eigenvalue weighted by atomic mass is 10.2. The van der Waals surface area contributed by atoms with Gasteiger partial charge in [0.25, 0.3) is 0 Å². The molecule has 1 unspecified atom stereocenters. The molecule has 1 atom stereocenters. The molecule has 0 bridgehead atoms. The molecule has 84 valence electrons. The minimum absolute atomic E-state index is 0.0422. The fraction of sp³-hybridized carbons (Fsp3) is 0.583. The average molecular weight is 209 g/mol. The summed E-state index contributed by atoms with van der Waals surface area (Å²) < 4.78 is 5.04. The Morgan fingerprint density at radius 2 is 2.47 bits per heavy atom. The number of hydrogen-bond acceptors (Lipinski definition) is 3. The van der Waals surface area contributed by atoms with Gasteiger partial charge in [-0.3, -0.25) is 9.69 Å². The zero-order valence-corrected chi connectivity index (χ0v) is 9.32. The van der Waals surface area contributed by atoms with Crippen molar-refractivity contribution >= 4 is 5.97 Å². The van der Waals surface area contributed by atoms with Crippen molar-refractivity contribution in [3.8, 4) is 0 Å². The summed E-state index contributed by atoms with van der Waals surface area (Å²) in [5.74, 6) is -0.0815. The molecule has 0 aromatic carbocycles. The first-order valence-electron chi connectivity index (χ1n) is 5.47. The van der Waals surface area contributed by atoms with Crippen LogP contribution < -0.4 is 0 Å². The van der Waals surface area contributed by atoms with Gasteiger partial charge in [-0.05, 0) is 26.3 Å². The van der Waals surface area contributed by atoms with E-state index < -0.39 is 0 Å². The van der Waals surface area contributed by atoms with Crippen LogP contribution in [0.4, 0.5) is 0 Å². The van der Waals surface area contributed by atoms with Crippen LogP contribution in [-0.2, 0) is 9.53 Å². The predicted molar refractivity (Wildman–Crippen MR) is 60.6 cm³/mol. The van der Waals surface area contributed by atoms with Crippen LogP contribution in [0.25, 0.3) is 0 Å². The molecule has 0 radical (unpaired) electrons. The lowest BCUT2D eigenvalue weighted by molar-refractivity contribution is -0.148. The molecule has 15 heavy (non-hydrogen) atoms. The van der Waals surface area contributed by atoms with Crippen molar-refractivity contribution in [1.29, 1.82) is 0 Å². The van der Waals surface area contributed by atoms with Crippen molar-refractivity contribution in [1.82, 2.24) is 4.90 Å². The Morgan fingerprint density at radius 1 is 1.67 bits per heavy atom. The standard InChI is InChI=1S/C12H19NO2/c1-3-5-6-9-13-10-7-8-11(13)12(14)15-4-2/h3,5-6,11H,1,4,7-10H2,2H3/b6-5-. The first-order chi connectivity index (χ1) is 7.29. The molecule has 0 amide bonds. The summed E-state index contributed by atoms with van der Waals surface area (Å²) >= 11 is 0. The van der Waals surface area contributed by atoms with Crippen molar-refractivity contribution in [2.75, 3.05) is 19.7 Å². The highest BCUT2D eigenvalue weighted by atomic mass is 16.5. The van der Waals surface area contributed by atoms with Gasteiger partial charge in [-0.1, -0.05) is 24.8 Å². The van der Waals surface area contributed by atoms with Crippen molar-refractivity contribution in [2.24, 2.45) is 0 Å². The molecular weight excluding hydrogens is 190 g/mol. The minimum Gasteiger partial charge on any atom is -0.465 e. The Balaban J connectivity index is 2.45. The summed E-state index contributed by atoms with van der Waals surface area (Å²) in [7, 11) is 0. The van der Waals surface area contributed by atoms with E-state index in [1.807, 2.05) is 19.1 Å². The van der Waals surface area contributed by atoms with Gasteiger partial charge in [0.2, 0.25) is 0 Å². The van der Waals surface area contributed by atoms with E-state index in [2.05, 4.69) is 11.5 Å². The zero-order chi connectivity index (χ0) is 11.1. The number of carbonyl (C=O) groups is 1. The summed E-state index contributed by atoms with van der Waals surface area (Å²) in [5.41, 5.74) is 0. The normalized spacial score (nSPS) is 22.1. The molecule has 1 saturated heterocycles. The first-order valence-corrected chi connectivity index (χ1v) is 5.47. The number of carbonyl (C=O) groups excluding carboxylic acids is 1. The van der Waals surface area contributed by atoms with Crippen molar-refractivity contribution < 1.29 is 9.53 Å². The molecule has 0 saturated carbocycles. The fourth-order valence-electron chi connectivity index (χ4n) is 1.84. The quantitative estimate of drug-likeness (QED) is 0.510. The van der Waals surface area contributed by atoms with E-state index in [0.29, 0.717) is 6.61 Å². The number of rotatable bonds is 5. The van der Waals surface area contributed by atoms with Gasteiger partial charge in [0.1, 0.15) is 6.04 Å². The number of ether oxygens (including phenoxy) is 1. The maximum atomic E-state index is 11.6. The van der Waals surface area contributed by atoms with Gasteiger partial charge in [-0.15, -0.1) is 0 Å². The Hall–Kier alpha value is -1.09. The first kappa shape index (κ1) is 12.0. The summed E-state index contributed by atoms with van der Waals surface area (Å²) in [6.07, 6.45) is 7.66. The van der Waals surface area contributed by atoms with E-state index in [-0.39, 0.29) is 12.0 Å². The van der Waals surface area contributed by atoms with E-state index in [1.54, 1.807) is 6.08 Å². The van der Waals surface area contributed by atoms with Gasteiger partial charge in [-0.25, -0.2) is 0 Å². The number of hydrogen-bond donors (Lipinski definition) is 0. The second-order valence-corrected chi connectivity index (χ2v) is 3.57. The monoisotopic (exact) mass is 209 g/mol. The third-order valence-electron chi connectivity index (χ3n) is 2.53. The molecule has 0 aromatic rings. The Kier molecular flexibility index (Phi) is 5.12. The summed E-state index contributed by atoms with van der Waals surface area (Å²) in [5, 5.41) is 0. The Morgan fingerprint density at radius 3 is 3.13 bits per heavy atom. The highest BCUT2D eigenvalue weighted by Crippen LogP contribution is 2.18. The summed E-state index contributed by atoms with van der Waals surface area (Å²) in [6, 6.07) is -0.0422. The van der Waals surface area contributed by atoms with Gasteiger partial charge in [-0.2, -0.15) is 0 Å². The van der Waals surface area contributed by atoms with E-state index in [9.17, 15) is 4.79 Å². The third kappa shape index (κ3) is 3.51. The third-order valence-corrected chi connectivity index (χ3v) is 2.53. The molecule has 0 aliphatic carbocycles. The van der Waals surface area contributed by atoms with Crippen LogP contribution in [-0.4, -0.2) is 36.6 Å². The van der Waals surface area contributed by atoms with E-state index in [0.717, 1.165) is 25.9 Å². The molecule has 1 rings (SSSR count). The molecule has 0 spiro atoms. The summed E-state index contributed by atoms with van der Waals surface area (Å²) in [6.45, 7) is 7.70. The highest BCUT2D eigenvalue weighted by molar-refractivity contribution is 5.76. The van der Waals surface area contributed by atoms with Crippen LogP contribution in [0.3, 0.4) is 0 Å². The van der Waals surface area contributed by atoms with Crippen molar-refractivity contribution in [2.45, 2.75) is 25.8 Å². The van der Waals surface area contributed by atoms with Crippen LogP contribution >= 0.6 is 0 Å². The number of esters is 1. The van der Waals surface area contributed by atoms with E-state index in [1.165, 1.54) is 0 Å². The molecule has 1 heterocycles. The number of allylic oxidation sites excluding steroid dienone is 2. The van der Waals surface area contributed by atoms with Crippen LogP contribution in [0.1, 0.15) is 19.8 Å². The lowest BCUT2D eigenvalue weighted by Gasteiger charge is -2.20. The van der Waals surface area contributed by atoms with Crippen LogP contribution in [0.2, 0.25) is 0 Å². The number of likely N-dealkylation sites (tertiary alicyclic amines) is 1. The topological polar surface area (TPSA) is 29.5 Å². The molecule has 3 nitrogen and oxygen atoms in total. The van der Waals surface area contributed by atoms with Crippen LogP contribution in [0, 0.1) is 0 Å². The van der Waals surface area contributed by atoms with Crippen LogP contribution in [0.5, 0.6) is 0 Å². The van der Waals surface area contributed by atoms with Crippen molar-refractivity contribution in [3.05, 3.63) is 24.8 Å². The molecular formula is C12H19NO2. The molecule has 0 aromatic heterocycles. The van der Waals surface area contributed by atoms with Gasteiger partial charge in [0.05, 0.1) is 6.61 Å². The molecule has 1 fully saturated rings. The second-order valence-electron chi connectivity index (χ2n) is 3.57. The smallest absolute Gasteiger partial charge is 0.323 e. The average Bonchev–Trinajstić information content (AvgIpc) is 2.67. The second kappa shape index (κ2) is 6.40. The van der Waals surface area contributed by atoms with E-state index in [4.69, 9.17) is 4.74 Å². The lowest BCUT2D eigenvalue weighted by Crippen LogP contribution is -2.37. The molecule has 0 N–H and O–H groups in total. The minimum atomic E-state index is -0.0815. The van der Waals surface area contributed by atoms with Gasteiger partial charge >= 0.3 is 5.97 Å². The Labute approximate surface area is 91.4 Å². The van der Waals surface area contributed by atoms with Crippen molar-refractivity contribution in [3.63, 3.8) is 0 Å². The number of nitrogens with zero attached hydrogens (tertiary/aromatic N) is 1. The van der Waals surface area contributed by atoms with Gasteiger partial charge < -0.3 is 4.74 Å². The maximum absolute atomic E-state index is 11.6. The fourth-order valence-corrected chi connectivity index (χ4v) is 1.84. The van der Waals surface area contributed by atoms with E-state index >= 15 is 0 Å². The molecule has 1 aliphatic heterocycles. The molecule has 3 heteroatoms. The Bertz CT molecular complexity index is 248. The highest BCUT2D eigenvalue weighted by Gasteiger charge is 2.30. The summed E-state index contributed by atoms with van der Waals surface area (Å²) in [4.78, 5) is 13.7. The maximum Gasteiger partial charge on any atom is 0.323 e. The largest absolute Gasteiger partial charge is 0.465 e.